The molecular formula is C16H14N2OS. The van der Waals surface area contributed by atoms with Crippen LogP contribution < -0.4 is 0 Å². The molecule has 3 nitrogen and oxygen atoms in total. The van der Waals surface area contributed by atoms with Crippen molar-refractivity contribution in [1.29, 1.82) is 10.5 Å². The standard InChI is InChI=1S/C16H14N2OS/c1-11(6-7-19)14-10-20-15-5-3-2-4-13(15)16(14)12(8-17)9-18/h2-5,7,11,14H,6,10H2,1H3/t11-,14+/m1/s1. The van der Waals surface area contributed by atoms with Crippen LogP contribution >= 0.6 is 11.8 Å². The Morgan fingerprint density at radius 3 is 2.80 bits per heavy atom. The first kappa shape index (κ1) is 14.4. The molecule has 0 fully saturated rings. The van der Waals surface area contributed by atoms with Gasteiger partial charge in [-0.3, -0.25) is 0 Å². The molecular weight excluding hydrogens is 268 g/mol. The van der Waals surface area contributed by atoms with Crippen molar-refractivity contribution in [3.05, 3.63) is 35.4 Å². The van der Waals surface area contributed by atoms with E-state index < -0.39 is 0 Å². The minimum absolute atomic E-state index is 0.0643. The first-order chi connectivity index (χ1) is 9.72. The van der Waals surface area contributed by atoms with Crippen LogP contribution in [-0.4, -0.2) is 12.0 Å². The number of carbonyl (C=O) groups excluding carboxylic acids is 1. The largest absolute Gasteiger partial charge is 0.303 e. The SMILES string of the molecule is C[C@H](CC=O)[C@@H]1CSc2ccccc2C1=C(C#N)C#N. The lowest BCUT2D eigenvalue weighted by atomic mass is 9.80. The number of aldehydes is 1. The Morgan fingerprint density at radius 1 is 1.45 bits per heavy atom. The van der Waals surface area contributed by atoms with Crippen LogP contribution in [-0.2, 0) is 4.79 Å². The summed E-state index contributed by atoms with van der Waals surface area (Å²) >= 11 is 1.72. The molecule has 0 N–H and O–H groups in total. The lowest BCUT2D eigenvalue weighted by molar-refractivity contribution is -0.108. The maximum absolute atomic E-state index is 10.8. The molecule has 1 aromatic carbocycles. The highest BCUT2D eigenvalue weighted by Crippen LogP contribution is 2.45. The maximum atomic E-state index is 10.8. The van der Waals surface area contributed by atoms with E-state index in [4.69, 9.17) is 0 Å². The zero-order chi connectivity index (χ0) is 14.5. The van der Waals surface area contributed by atoms with Gasteiger partial charge >= 0.3 is 0 Å². The Kier molecular flexibility index (Phi) is 4.61. The Hall–Kier alpha value is -2.04. The number of hydrogen-bond donors (Lipinski definition) is 0. The topological polar surface area (TPSA) is 64.7 Å². The molecule has 20 heavy (non-hydrogen) atoms. The molecule has 0 aromatic heterocycles. The molecule has 0 spiro atoms. The van der Waals surface area contributed by atoms with E-state index in [9.17, 15) is 15.3 Å². The molecule has 2 atom stereocenters. The number of nitrogens with zero attached hydrogens (tertiary/aromatic N) is 2. The number of fused-ring (bicyclic) bond motifs is 1. The molecule has 2 rings (SSSR count). The number of hydrogen-bond acceptors (Lipinski definition) is 4. The molecule has 1 aliphatic heterocycles. The van der Waals surface area contributed by atoms with Crippen molar-refractivity contribution in [3.63, 3.8) is 0 Å². The minimum atomic E-state index is 0.0643. The fourth-order valence-electron chi connectivity index (χ4n) is 2.51. The minimum Gasteiger partial charge on any atom is -0.303 e. The molecule has 0 bridgehead atoms. The Balaban J connectivity index is 2.58. The van der Waals surface area contributed by atoms with E-state index in [1.807, 2.05) is 43.3 Å². The third-order valence-electron chi connectivity index (χ3n) is 3.61. The Morgan fingerprint density at radius 2 is 2.15 bits per heavy atom. The molecule has 0 saturated heterocycles. The van der Waals surface area contributed by atoms with E-state index in [1.54, 1.807) is 11.8 Å². The Bertz CT molecular complexity index is 621. The predicted molar refractivity (Wildman–Crippen MR) is 78.6 cm³/mol. The fourth-order valence-corrected chi connectivity index (χ4v) is 3.87. The van der Waals surface area contributed by atoms with Gasteiger partial charge in [0.05, 0.1) is 0 Å². The number of carbonyl (C=O) groups is 1. The summed E-state index contributed by atoms with van der Waals surface area (Å²) in [5, 5.41) is 18.5. The average molecular weight is 282 g/mol. The zero-order valence-corrected chi connectivity index (χ0v) is 12.0. The highest BCUT2D eigenvalue weighted by atomic mass is 32.2. The van der Waals surface area contributed by atoms with Crippen LogP contribution in [0.1, 0.15) is 18.9 Å². The third kappa shape index (κ3) is 2.61. The third-order valence-corrected chi connectivity index (χ3v) is 4.81. The highest BCUT2D eigenvalue weighted by Gasteiger charge is 2.31. The van der Waals surface area contributed by atoms with Gasteiger partial charge in [0, 0.05) is 17.1 Å². The van der Waals surface area contributed by atoms with Gasteiger partial charge in [-0.1, -0.05) is 25.1 Å². The van der Waals surface area contributed by atoms with Gasteiger partial charge < -0.3 is 4.79 Å². The van der Waals surface area contributed by atoms with Crippen molar-refractivity contribution < 1.29 is 4.79 Å². The van der Waals surface area contributed by atoms with E-state index >= 15 is 0 Å². The van der Waals surface area contributed by atoms with Gasteiger partial charge in [-0.25, -0.2) is 0 Å². The summed E-state index contributed by atoms with van der Waals surface area (Å²) in [4.78, 5) is 11.9. The summed E-state index contributed by atoms with van der Waals surface area (Å²) in [7, 11) is 0. The van der Waals surface area contributed by atoms with Gasteiger partial charge in [0.1, 0.15) is 24.0 Å². The van der Waals surface area contributed by atoms with Gasteiger partial charge in [0.25, 0.3) is 0 Å². The summed E-state index contributed by atoms with van der Waals surface area (Å²) in [6.07, 6.45) is 1.35. The van der Waals surface area contributed by atoms with Gasteiger partial charge in [-0.05, 0) is 29.0 Å². The first-order valence-electron chi connectivity index (χ1n) is 6.43. The van der Waals surface area contributed by atoms with Gasteiger partial charge in [-0.15, -0.1) is 11.8 Å². The molecule has 0 saturated carbocycles. The molecule has 1 heterocycles. The zero-order valence-electron chi connectivity index (χ0n) is 11.2. The molecule has 0 unspecified atom stereocenters. The summed E-state index contributed by atoms with van der Waals surface area (Å²) in [6, 6.07) is 11.8. The second-order valence-electron chi connectivity index (χ2n) is 4.81. The molecule has 0 aliphatic carbocycles. The van der Waals surface area contributed by atoms with E-state index in [0.29, 0.717) is 6.42 Å². The number of benzene rings is 1. The van der Waals surface area contributed by atoms with E-state index in [-0.39, 0.29) is 17.4 Å². The summed E-state index contributed by atoms with van der Waals surface area (Å²) < 4.78 is 0. The van der Waals surface area contributed by atoms with Crippen molar-refractivity contribution in [2.45, 2.75) is 18.2 Å². The smallest absolute Gasteiger partial charge is 0.133 e. The van der Waals surface area contributed by atoms with E-state index in [2.05, 4.69) is 0 Å². The van der Waals surface area contributed by atoms with Crippen molar-refractivity contribution in [2.75, 3.05) is 5.75 Å². The van der Waals surface area contributed by atoms with Gasteiger partial charge in [-0.2, -0.15) is 10.5 Å². The Labute approximate surface area is 122 Å². The van der Waals surface area contributed by atoms with Gasteiger partial charge in [0.2, 0.25) is 0 Å². The van der Waals surface area contributed by atoms with Crippen LogP contribution in [0, 0.1) is 34.5 Å². The number of allylic oxidation sites excluding steroid dienone is 2. The molecule has 0 amide bonds. The van der Waals surface area contributed by atoms with E-state index in [0.717, 1.165) is 28.1 Å². The van der Waals surface area contributed by atoms with Crippen molar-refractivity contribution in [3.8, 4) is 12.1 Å². The number of thioether (sulfide) groups is 1. The number of rotatable bonds is 3. The summed E-state index contributed by atoms with van der Waals surface area (Å²) in [6.45, 7) is 2.00. The van der Waals surface area contributed by atoms with E-state index in [1.165, 1.54) is 0 Å². The molecule has 0 radical (unpaired) electrons. The highest BCUT2D eigenvalue weighted by molar-refractivity contribution is 7.99. The van der Waals surface area contributed by atoms with Gasteiger partial charge in [0.15, 0.2) is 0 Å². The molecule has 1 aromatic rings. The second-order valence-corrected chi connectivity index (χ2v) is 5.87. The van der Waals surface area contributed by atoms with Crippen LogP contribution in [0.4, 0.5) is 0 Å². The lowest BCUT2D eigenvalue weighted by Crippen LogP contribution is -2.21. The van der Waals surface area contributed by atoms with Crippen LogP contribution in [0.5, 0.6) is 0 Å². The lowest BCUT2D eigenvalue weighted by Gasteiger charge is -2.31. The maximum Gasteiger partial charge on any atom is 0.133 e. The fraction of sp³-hybridized carbons (Fsp3) is 0.312. The van der Waals surface area contributed by atoms with Crippen LogP contribution in [0.25, 0.3) is 5.57 Å². The molecule has 4 heteroatoms. The van der Waals surface area contributed by atoms with Crippen molar-refractivity contribution in [2.24, 2.45) is 11.8 Å². The van der Waals surface area contributed by atoms with Crippen molar-refractivity contribution >= 4 is 23.6 Å². The van der Waals surface area contributed by atoms with Crippen LogP contribution in [0.15, 0.2) is 34.7 Å². The quantitative estimate of drug-likeness (QED) is 0.629. The second kappa shape index (κ2) is 6.41. The first-order valence-corrected chi connectivity index (χ1v) is 7.41. The van der Waals surface area contributed by atoms with Crippen molar-refractivity contribution in [1.82, 2.24) is 0 Å². The molecule has 100 valence electrons. The molecule has 1 aliphatic rings. The van der Waals surface area contributed by atoms with Crippen LogP contribution in [0.2, 0.25) is 0 Å². The normalized spacial score (nSPS) is 18.4. The summed E-state index contributed by atoms with van der Waals surface area (Å²) in [5.41, 5.74) is 1.93. The predicted octanol–water partition coefficient (Wildman–Crippen LogP) is 3.43. The summed E-state index contributed by atoms with van der Waals surface area (Å²) in [5.74, 6) is 0.989. The number of nitriles is 2. The van der Waals surface area contributed by atoms with Crippen LogP contribution in [0.3, 0.4) is 0 Å². The monoisotopic (exact) mass is 282 g/mol. The average Bonchev–Trinajstić information content (AvgIpc) is 2.48.